The third-order valence-electron chi connectivity index (χ3n) is 0.341. The topological polar surface area (TPSA) is 97.7 Å². The number of aliphatic hydroxyl groups excluding tert-OH is 1. The molecule has 0 aromatic heterocycles. The standard InChI is InChI=1S/C3H6O3.Na.HO2P/c1-2(4)3(5)6;;1-3-2/h2,4H,1H3,(H,5,6);;3H/q;+1;. The number of carboxylic acids is 1. The van der Waals surface area contributed by atoms with Crippen molar-refractivity contribution in [3.63, 3.8) is 0 Å². The molecule has 54 valence electrons. The molecule has 0 amide bonds. The van der Waals surface area contributed by atoms with Crippen LogP contribution in [0.15, 0.2) is 0 Å². The van der Waals surface area contributed by atoms with Crippen molar-refractivity contribution in [2.75, 3.05) is 0 Å². The number of carboxylic acid groups (broad SMARTS) is 1. The van der Waals surface area contributed by atoms with Crippen LogP contribution in [0.4, 0.5) is 0 Å². The minimum Gasteiger partial charge on any atom is -0.547 e. The van der Waals surface area contributed by atoms with Crippen LogP contribution in [0.5, 0.6) is 0 Å². The summed E-state index contributed by atoms with van der Waals surface area (Å²) in [4.78, 5) is 16.4. The van der Waals surface area contributed by atoms with Crippen LogP contribution in [-0.4, -0.2) is 22.1 Å². The van der Waals surface area contributed by atoms with Gasteiger partial charge in [0.1, 0.15) is 0 Å². The number of carbonyl (C=O) groups excluding carboxylic acids is 1. The molecule has 5 nitrogen and oxygen atoms in total. The minimum absolute atomic E-state index is 0. The predicted octanol–water partition coefficient (Wildman–Crippen LogP) is -4.96. The summed E-state index contributed by atoms with van der Waals surface area (Å²) in [6, 6.07) is 0. The molecule has 2 N–H and O–H groups in total. The molecule has 7 heteroatoms. The molecule has 0 aliphatic rings. The Labute approximate surface area is 81.6 Å². The van der Waals surface area contributed by atoms with Gasteiger partial charge in [0, 0.05) is 0 Å². The van der Waals surface area contributed by atoms with Crippen molar-refractivity contribution < 1.29 is 54.0 Å². The second-order valence-electron chi connectivity index (χ2n) is 1.09. The molecule has 0 aromatic rings. The van der Waals surface area contributed by atoms with E-state index in [1.165, 1.54) is 0 Å². The van der Waals surface area contributed by atoms with Crippen LogP contribution in [0, 0.1) is 0 Å². The molecule has 0 radical (unpaired) electrons. The zero-order valence-corrected chi connectivity index (χ0v) is 8.70. The molecule has 2 unspecified atom stereocenters. The first-order valence-corrected chi connectivity index (χ1v) is 2.82. The number of hydrogen-bond acceptors (Lipinski definition) is 4. The normalized spacial score (nSPS) is 10.3. The van der Waals surface area contributed by atoms with Crippen molar-refractivity contribution in [3.05, 3.63) is 0 Å². The Bertz CT molecular complexity index is 94.9. The molecule has 0 fully saturated rings. The Morgan fingerprint density at radius 3 is 1.80 bits per heavy atom. The molecular formula is C3H7NaO5P+. The SMILES string of the molecule is CC(O)C(=O)[O-].O=[PH+]O.[Na+]. The smallest absolute Gasteiger partial charge is 0.547 e. The Balaban J connectivity index is -0.000000107. The van der Waals surface area contributed by atoms with Gasteiger partial charge in [-0.3, -0.25) is 0 Å². The molecule has 0 saturated heterocycles. The van der Waals surface area contributed by atoms with Crippen LogP contribution in [0.1, 0.15) is 6.92 Å². The van der Waals surface area contributed by atoms with Crippen LogP contribution < -0.4 is 34.7 Å². The third-order valence-corrected chi connectivity index (χ3v) is 0.341. The Morgan fingerprint density at radius 2 is 1.80 bits per heavy atom. The largest absolute Gasteiger partial charge is 1.00 e. The van der Waals surface area contributed by atoms with Crippen LogP contribution in [0.25, 0.3) is 0 Å². The van der Waals surface area contributed by atoms with Gasteiger partial charge in [0.25, 0.3) is 0 Å². The summed E-state index contributed by atoms with van der Waals surface area (Å²) in [5.74, 6) is -1.44. The van der Waals surface area contributed by atoms with E-state index in [1.54, 1.807) is 0 Å². The average Bonchev–Trinajstić information content (AvgIpc) is 1.68. The molecule has 0 spiro atoms. The maximum atomic E-state index is 9.34. The average molecular weight is 177 g/mol. The zero-order valence-electron chi connectivity index (χ0n) is 5.70. The first kappa shape index (κ1) is 16.8. The fraction of sp³-hybridized carbons (Fsp3) is 0.667. The summed E-state index contributed by atoms with van der Waals surface area (Å²) < 4.78 is 8.51. The van der Waals surface area contributed by atoms with Crippen LogP contribution in [0.2, 0.25) is 0 Å². The Kier molecular flexibility index (Phi) is 20.5. The van der Waals surface area contributed by atoms with Crippen molar-refractivity contribution in [2.45, 2.75) is 13.0 Å². The zero-order chi connectivity index (χ0) is 7.86. The first-order chi connectivity index (χ1) is 4.06. The molecular weight excluding hydrogens is 170 g/mol. The van der Waals surface area contributed by atoms with E-state index in [9.17, 15) is 9.90 Å². The van der Waals surface area contributed by atoms with Crippen molar-refractivity contribution in [1.82, 2.24) is 0 Å². The molecule has 10 heavy (non-hydrogen) atoms. The van der Waals surface area contributed by atoms with E-state index in [2.05, 4.69) is 0 Å². The van der Waals surface area contributed by atoms with Gasteiger partial charge in [0.2, 0.25) is 0 Å². The van der Waals surface area contributed by atoms with Gasteiger partial charge < -0.3 is 15.0 Å². The third kappa shape index (κ3) is 23.6. The van der Waals surface area contributed by atoms with E-state index >= 15 is 0 Å². The quantitative estimate of drug-likeness (QED) is 0.309. The van der Waals surface area contributed by atoms with Crippen molar-refractivity contribution in [1.29, 1.82) is 0 Å². The van der Waals surface area contributed by atoms with E-state index in [0.717, 1.165) is 6.92 Å². The van der Waals surface area contributed by atoms with Crippen LogP contribution in [-0.2, 0) is 9.36 Å². The maximum absolute atomic E-state index is 9.34. The van der Waals surface area contributed by atoms with Crippen LogP contribution in [0.3, 0.4) is 0 Å². The van der Waals surface area contributed by atoms with Crippen molar-refractivity contribution >= 4 is 14.7 Å². The van der Waals surface area contributed by atoms with Gasteiger partial charge in [0.15, 0.2) is 0 Å². The second kappa shape index (κ2) is 12.2. The number of hydrogen-bond donors (Lipinski definition) is 2. The van der Waals surface area contributed by atoms with Gasteiger partial charge in [-0.25, -0.2) is 0 Å². The minimum atomic E-state index is -1.44. The molecule has 0 heterocycles. The summed E-state index contributed by atoms with van der Waals surface area (Å²) in [6.45, 7) is 1.13. The number of aliphatic carboxylic acids is 1. The molecule has 0 rings (SSSR count). The van der Waals surface area contributed by atoms with Gasteiger partial charge in [-0.15, -0.1) is 0 Å². The molecule has 0 aliphatic heterocycles. The monoisotopic (exact) mass is 177 g/mol. The second-order valence-corrected chi connectivity index (χ2v) is 1.27. The first-order valence-electron chi connectivity index (χ1n) is 1.96. The van der Waals surface area contributed by atoms with E-state index in [1.807, 2.05) is 0 Å². The van der Waals surface area contributed by atoms with E-state index in [4.69, 9.17) is 14.6 Å². The van der Waals surface area contributed by atoms with Gasteiger partial charge in [-0.1, -0.05) is 0 Å². The van der Waals surface area contributed by atoms with Gasteiger partial charge in [-0.05, 0) is 11.5 Å². The van der Waals surface area contributed by atoms with E-state index in [0.29, 0.717) is 0 Å². The molecule has 2 atom stereocenters. The summed E-state index contributed by atoms with van der Waals surface area (Å²) in [5.41, 5.74) is 0. The summed E-state index contributed by atoms with van der Waals surface area (Å²) >= 11 is 0. The van der Waals surface area contributed by atoms with Gasteiger partial charge in [0.05, 0.1) is 12.1 Å². The number of rotatable bonds is 1. The summed E-state index contributed by atoms with van der Waals surface area (Å²) in [7, 11) is -1.17. The van der Waals surface area contributed by atoms with Crippen LogP contribution >= 0.6 is 8.69 Å². The van der Waals surface area contributed by atoms with Gasteiger partial charge in [-0.2, -0.15) is 4.89 Å². The Hall–Kier alpha value is 0.490. The van der Waals surface area contributed by atoms with Crippen molar-refractivity contribution in [3.8, 4) is 0 Å². The molecule has 0 aliphatic carbocycles. The predicted molar refractivity (Wildman–Crippen MR) is 27.9 cm³/mol. The maximum Gasteiger partial charge on any atom is 1.00 e. The fourth-order valence-electron chi connectivity index (χ4n) is 0. The molecule has 0 aromatic carbocycles. The summed E-state index contributed by atoms with van der Waals surface area (Å²) in [5, 5.41) is 17.3. The van der Waals surface area contributed by atoms with E-state index in [-0.39, 0.29) is 29.6 Å². The Morgan fingerprint density at radius 1 is 1.70 bits per heavy atom. The number of aliphatic hydroxyl groups is 1. The van der Waals surface area contributed by atoms with Crippen molar-refractivity contribution in [2.24, 2.45) is 0 Å². The molecule has 0 saturated carbocycles. The number of carbonyl (C=O) groups is 1. The van der Waals surface area contributed by atoms with E-state index < -0.39 is 20.8 Å². The summed E-state index contributed by atoms with van der Waals surface area (Å²) in [6.07, 6.45) is -1.34. The van der Waals surface area contributed by atoms with Gasteiger partial charge >= 0.3 is 38.2 Å². The molecule has 0 bridgehead atoms. The fourth-order valence-corrected chi connectivity index (χ4v) is 0.